The van der Waals surface area contributed by atoms with E-state index < -0.39 is 6.10 Å². The molecule has 6 nitrogen and oxygen atoms in total. The highest BCUT2D eigenvalue weighted by atomic mass is 16.5. The molecule has 2 N–H and O–H groups in total. The second kappa shape index (κ2) is 7.46. The molecule has 2 heterocycles. The lowest BCUT2D eigenvalue weighted by Gasteiger charge is -2.34. The van der Waals surface area contributed by atoms with Gasteiger partial charge in [0.05, 0.1) is 17.9 Å². The minimum Gasteiger partial charge on any atom is -0.390 e. The van der Waals surface area contributed by atoms with Gasteiger partial charge in [-0.1, -0.05) is 32.3 Å². The van der Waals surface area contributed by atoms with Gasteiger partial charge < -0.3 is 19.7 Å². The Morgan fingerprint density at radius 3 is 2.68 bits per heavy atom. The summed E-state index contributed by atoms with van der Waals surface area (Å²) in [5, 5.41) is 17.3. The van der Waals surface area contributed by atoms with Gasteiger partial charge in [0.25, 0.3) is 0 Å². The van der Waals surface area contributed by atoms with Gasteiger partial charge in [-0.15, -0.1) is 0 Å². The van der Waals surface area contributed by atoms with Crippen molar-refractivity contribution in [3.63, 3.8) is 0 Å². The summed E-state index contributed by atoms with van der Waals surface area (Å²) in [7, 11) is 0. The largest absolute Gasteiger partial charge is 0.390 e. The maximum absolute atomic E-state index is 12.0. The smallest absolute Gasteiger partial charge is 0.223 e. The van der Waals surface area contributed by atoms with Crippen LogP contribution in [0.2, 0.25) is 0 Å². The van der Waals surface area contributed by atoms with Crippen LogP contribution in [0.15, 0.2) is 10.6 Å². The average molecular weight is 350 g/mol. The van der Waals surface area contributed by atoms with E-state index in [2.05, 4.69) is 31.2 Å². The SMILES string of the molecule is CC(C)(C)c1cc(C[C@@H]2CC[C@H](O)[C@@H](CNC(=O)C3CCC3)O2)no1. The molecule has 3 atom stereocenters. The number of rotatable bonds is 5. The molecule has 6 heteroatoms. The average Bonchev–Trinajstić information content (AvgIpc) is 2.94. The fourth-order valence-corrected chi connectivity index (χ4v) is 3.29. The maximum atomic E-state index is 12.0. The molecule has 0 bridgehead atoms. The van der Waals surface area contributed by atoms with Crippen LogP contribution in [0.1, 0.15) is 64.3 Å². The van der Waals surface area contributed by atoms with Gasteiger partial charge in [-0.2, -0.15) is 0 Å². The van der Waals surface area contributed by atoms with Crippen molar-refractivity contribution in [1.29, 1.82) is 0 Å². The predicted molar refractivity (Wildman–Crippen MR) is 93.2 cm³/mol. The molecule has 1 aromatic heterocycles. The zero-order valence-corrected chi connectivity index (χ0v) is 15.5. The Morgan fingerprint density at radius 2 is 2.08 bits per heavy atom. The Bertz CT molecular complexity index is 588. The highest BCUT2D eigenvalue weighted by molar-refractivity contribution is 5.79. The van der Waals surface area contributed by atoms with Crippen molar-refractivity contribution >= 4 is 5.91 Å². The predicted octanol–water partition coefficient (Wildman–Crippen LogP) is 2.34. The zero-order valence-electron chi connectivity index (χ0n) is 15.5. The Labute approximate surface area is 149 Å². The van der Waals surface area contributed by atoms with Crippen LogP contribution in [-0.4, -0.2) is 41.0 Å². The van der Waals surface area contributed by atoms with Crippen molar-refractivity contribution in [3.05, 3.63) is 17.5 Å². The number of ether oxygens (including phenoxy) is 1. The van der Waals surface area contributed by atoms with Crippen molar-refractivity contribution in [2.45, 2.75) is 83.0 Å². The minimum absolute atomic E-state index is 0.00748. The fourth-order valence-electron chi connectivity index (χ4n) is 3.29. The highest BCUT2D eigenvalue weighted by Gasteiger charge is 2.32. The first-order chi connectivity index (χ1) is 11.8. The third-order valence-electron chi connectivity index (χ3n) is 5.27. The molecular weight excluding hydrogens is 320 g/mol. The van der Waals surface area contributed by atoms with E-state index in [0.717, 1.165) is 37.1 Å². The molecule has 1 saturated heterocycles. The lowest BCUT2D eigenvalue weighted by atomic mass is 9.85. The summed E-state index contributed by atoms with van der Waals surface area (Å²) in [5.74, 6) is 1.11. The van der Waals surface area contributed by atoms with Gasteiger partial charge >= 0.3 is 0 Å². The number of hydrogen-bond acceptors (Lipinski definition) is 5. The molecule has 140 valence electrons. The van der Waals surface area contributed by atoms with Gasteiger partial charge in [0.1, 0.15) is 11.9 Å². The molecule has 0 unspecified atom stereocenters. The van der Waals surface area contributed by atoms with E-state index >= 15 is 0 Å². The molecule has 0 spiro atoms. The molecule has 1 aromatic rings. The number of carbonyl (C=O) groups excluding carboxylic acids is 1. The topological polar surface area (TPSA) is 84.6 Å². The van der Waals surface area contributed by atoms with Crippen LogP contribution in [0.3, 0.4) is 0 Å². The van der Waals surface area contributed by atoms with E-state index in [0.29, 0.717) is 19.4 Å². The number of nitrogens with one attached hydrogen (secondary N) is 1. The Hall–Kier alpha value is -1.40. The van der Waals surface area contributed by atoms with Crippen LogP contribution in [0.4, 0.5) is 0 Å². The lowest BCUT2D eigenvalue weighted by Crippen LogP contribution is -2.48. The molecule has 25 heavy (non-hydrogen) atoms. The van der Waals surface area contributed by atoms with Gasteiger partial charge in [0, 0.05) is 30.4 Å². The molecular formula is C19H30N2O4. The molecule has 1 aliphatic heterocycles. The first kappa shape index (κ1) is 18.4. The van der Waals surface area contributed by atoms with E-state index in [-0.39, 0.29) is 29.4 Å². The van der Waals surface area contributed by atoms with Crippen molar-refractivity contribution in [1.82, 2.24) is 10.5 Å². The summed E-state index contributed by atoms with van der Waals surface area (Å²) in [6.45, 7) is 6.64. The number of carbonyl (C=O) groups is 1. The molecule has 1 aliphatic carbocycles. The Kier molecular flexibility index (Phi) is 5.49. The Morgan fingerprint density at radius 1 is 1.32 bits per heavy atom. The summed E-state index contributed by atoms with van der Waals surface area (Å²) < 4.78 is 11.5. The van der Waals surface area contributed by atoms with Crippen molar-refractivity contribution < 1.29 is 19.2 Å². The molecule has 2 aliphatic rings. The van der Waals surface area contributed by atoms with Gasteiger partial charge in [-0.05, 0) is 25.7 Å². The maximum Gasteiger partial charge on any atom is 0.223 e. The number of hydrogen-bond donors (Lipinski definition) is 2. The van der Waals surface area contributed by atoms with Crippen LogP contribution in [0, 0.1) is 5.92 Å². The van der Waals surface area contributed by atoms with Gasteiger partial charge in [-0.3, -0.25) is 4.79 Å². The fraction of sp³-hybridized carbons (Fsp3) is 0.789. The second-order valence-corrected chi connectivity index (χ2v) is 8.45. The van der Waals surface area contributed by atoms with Gasteiger partial charge in [-0.25, -0.2) is 0 Å². The van der Waals surface area contributed by atoms with Crippen LogP contribution < -0.4 is 5.32 Å². The lowest BCUT2D eigenvalue weighted by molar-refractivity contribution is -0.133. The molecule has 3 rings (SSSR count). The number of aliphatic hydroxyl groups excluding tert-OH is 1. The van der Waals surface area contributed by atoms with Crippen LogP contribution >= 0.6 is 0 Å². The summed E-state index contributed by atoms with van der Waals surface area (Å²) in [6.07, 6.45) is 4.33. The molecule has 2 fully saturated rings. The minimum atomic E-state index is -0.527. The highest BCUT2D eigenvalue weighted by Crippen LogP contribution is 2.27. The van der Waals surface area contributed by atoms with Gasteiger partial charge in [0.15, 0.2) is 0 Å². The molecule has 0 aromatic carbocycles. The molecule has 1 amide bonds. The normalized spacial score (nSPS) is 27.8. The quantitative estimate of drug-likeness (QED) is 0.851. The Balaban J connectivity index is 1.51. The van der Waals surface area contributed by atoms with Crippen molar-refractivity contribution in [3.8, 4) is 0 Å². The van der Waals surface area contributed by atoms with E-state index in [1.165, 1.54) is 0 Å². The van der Waals surface area contributed by atoms with E-state index in [4.69, 9.17) is 9.26 Å². The van der Waals surface area contributed by atoms with Crippen LogP contribution in [-0.2, 0) is 21.4 Å². The number of aromatic nitrogens is 1. The number of nitrogens with zero attached hydrogens (tertiary/aromatic N) is 1. The summed E-state index contributed by atoms with van der Waals surface area (Å²) in [4.78, 5) is 12.0. The van der Waals surface area contributed by atoms with E-state index in [1.54, 1.807) is 0 Å². The van der Waals surface area contributed by atoms with Crippen molar-refractivity contribution in [2.24, 2.45) is 5.92 Å². The zero-order chi connectivity index (χ0) is 18.0. The first-order valence-corrected chi connectivity index (χ1v) is 9.40. The number of amides is 1. The summed E-state index contributed by atoms with van der Waals surface area (Å²) >= 11 is 0. The van der Waals surface area contributed by atoms with Crippen LogP contribution in [0.25, 0.3) is 0 Å². The third-order valence-corrected chi connectivity index (χ3v) is 5.27. The van der Waals surface area contributed by atoms with Gasteiger partial charge in [0.2, 0.25) is 5.91 Å². The number of aliphatic hydroxyl groups is 1. The summed E-state index contributed by atoms with van der Waals surface area (Å²) in [5.41, 5.74) is 0.812. The van der Waals surface area contributed by atoms with Crippen molar-refractivity contribution in [2.75, 3.05) is 6.54 Å². The van der Waals surface area contributed by atoms with E-state index in [1.807, 2.05) is 6.07 Å². The standard InChI is InChI=1S/C19H30N2O4/c1-19(2,3)17-10-13(21-25-17)9-14-7-8-15(22)16(24-14)11-20-18(23)12-5-4-6-12/h10,12,14-16,22H,4-9,11H2,1-3H3,(H,20,23)/t14-,15-,16+/m0/s1. The monoisotopic (exact) mass is 350 g/mol. The first-order valence-electron chi connectivity index (χ1n) is 9.40. The second-order valence-electron chi connectivity index (χ2n) is 8.45. The van der Waals surface area contributed by atoms with Crippen LogP contribution in [0.5, 0.6) is 0 Å². The van der Waals surface area contributed by atoms with E-state index in [9.17, 15) is 9.90 Å². The molecule has 1 saturated carbocycles. The molecule has 0 radical (unpaired) electrons. The summed E-state index contributed by atoms with van der Waals surface area (Å²) in [6, 6.07) is 1.99. The third kappa shape index (κ3) is 4.61.